The molecule has 5 nitrogen and oxygen atoms in total. The standard InChI is InChI=1S/C20H26N4O/c25-20(15-16-5-2-1-3-6-16)24-13-11-23(12-14-24)19-9-8-17-18(22-19)7-4-10-21-17/h4,7-10,16H,1-3,5-6,11-15H2. The number of hydrogen-bond acceptors (Lipinski definition) is 4. The van der Waals surface area contributed by atoms with Gasteiger partial charge in [-0.1, -0.05) is 19.3 Å². The minimum Gasteiger partial charge on any atom is -0.353 e. The number of nitrogens with zero attached hydrogens (tertiary/aromatic N) is 4. The van der Waals surface area contributed by atoms with Crippen molar-refractivity contribution in [3.05, 3.63) is 30.5 Å². The van der Waals surface area contributed by atoms with Crippen LogP contribution in [0.5, 0.6) is 0 Å². The lowest BCUT2D eigenvalue weighted by molar-refractivity contribution is -0.132. The Balaban J connectivity index is 1.34. The molecule has 1 saturated heterocycles. The Morgan fingerprint density at radius 1 is 1.00 bits per heavy atom. The number of hydrogen-bond donors (Lipinski definition) is 0. The second-order valence-corrected chi connectivity index (χ2v) is 7.29. The zero-order chi connectivity index (χ0) is 17.1. The largest absolute Gasteiger partial charge is 0.353 e. The lowest BCUT2D eigenvalue weighted by atomic mass is 9.86. The van der Waals surface area contributed by atoms with E-state index in [0.717, 1.165) is 49.5 Å². The maximum Gasteiger partial charge on any atom is 0.222 e. The van der Waals surface area contributed by atoms with Gasteiger partial charge in [-0.05, 0) is 43.0 Å². The molecule has 0 atom stereocenters. The molecule has 1 amide bonds. The molecule has 3 heterocycles. The number of rotatable bonds is 3. The van der Waals surface area contributed by atoms with E-state index in [1.807, 2.05) is 29.2 Å². The van der Waals surface area contributed by atoms with E-state index in [1.165, 1.54) is 32.1 Å². The molecule has 0 radical (unpaired) electrons. The predicted molar refractivity (Wildman–Crippen MR) is 99.5 cm³/mol. The molecular weight excluding hydrogens is 312 g/mol. The Kier molecular flexibility index (Phi) is 4.81. The van der Waals surface area contributed by atoms with Gasteiger partial charge in [-0.25, -0.2) is 4.98 Å². The van der Waals surface area contributed by atoms with Gasteiger partial charge >= 0.3 is 0 Å². The smallest absolute Gasteiger partial charge is 0.222 e. The fourth-order valence-corrected chi connectivity index (χ4v) is 4.07. The highest BCUT2D eigenvalue weighted by Gasteiger charge is 2.25. The van der Waals surface area contributed by atoms with Crippen LogP contribution in [0.15, 0.2) is 30.5 Å². The van der Waals surface area contributed by atoms with Crippen molar-refractivity contribution in [3.63, 3.8) is 0 Å². The summed E-state index contributed by atoms with van der Waals surface area (Å²) in [6.45, 7) is 3.32. The number of aromatic nitrogens is 2. The summed E-state index contributed by atoms with van der Waals surface area (Å²) in [6.07, 6.45) is 8.96. The highest BCUT2D eigenvalue weighted by atomic mass is 16.2. The molecule has 1 aliphatic carbocycles. The van der Waals surface area contributed by atoms with Crippen LogP contribution in [-0.2, 0) is 4.79 Å². The van der Waals surface area contributed by atoms with Crippen LogP contribution in [0.3, 0.4) is 0 Å². The first-order valence-electron chi connectivity index (χ1n) is 9.54. The van der Waals surface area contributed by atoms with Crippen LogP contribution in [0.4, 0.5) is 5.82 Å². The van der Waals surface area contributed by atoms with Crippen molar-refractivity contribution in [3.8, 4) is 0 Å². The molecule has 2 aromatic rings. The van der Waals surface area contributed by atoms with Crippen LogP contribution in [0.25, 0.3) is 11.0 Å². The normalized spacial score (nSPS) is 19.4. The predicted octanol–water partition coefficient (Wildman–Crippen LogP) is 3.25. The van der Waals surface area contributed by atoms with Gasteiger partial charge in [-0.2, -0.15) is 0 Å². The number of carbonyl (C=O) groups is 1. The van der Waals surface area contributed by atoms with Gasteiger partial charge in [-0.3, -0.25) is 9.78 Å². The van der Waals surface area contributed by atoms with E-state index in [0.29, 0.717) is 11.8 Å². The second-order valence-electron chi connectivity index (χ2n) is 7.29. The Morgan fingerprint density at radius 3 is 2.60 bits per heavy atom. The summed E-state index contributed by atoms with van der Waals surface area (Å²) in [5, 5.41) is 0. The number of fused-ring (bicyclic) bond motifs is 1. The lowest BCUT2D eigenvalue weighted by Gasteiger charge is -2.36. The summed E-state index contributed by atoms with van der Waals surface area (Å²) in [5.41, 5.74) is 1.85. The van der Waals surface area contributed by atoms with Crippen LogP contribution in [0.2, 0.25) is 0 Å². The van der Waals surface area contributed by atoms with Gasteiger partial charge in [0, 0.05) is 38.8 Å². The van der Waals surface area contributed by atoms with Crippen molar-refractivity contribution in [1.82, 2.24) is 14.9 Å². The van der Waals surface area contributed by atoms with E-state index in [9.17, 15) is 4.79 Å². The van der Waals surface area contributed by atoms with E-state index in [1.54, 1.807) is 6.20 Å². The first-order chi connectivity index (χ1) is 12.3. The Labute approximate surface area is 149 Å². The topological polar surface area (TPSA) is 49.3 Å². The molecule has 2 aliphatic rings. The van der Waals surface area contributed by atoms with E-state index in [-0.39, 0.29) is 0 Å². The van der Waals surface area contributed by atoms with E-state index < -0.39 is 0 Å². The van der Waals surface area contributed by atoms with Gasteiger partial charge in [0.2, 0.25) is 5.91 Å². The molecule has 1 saturated carbocycles. The average Bonchev–Trinajstić information content (AvgIpc) is 2.68. The van der Waals surface area contributed by atoms with Crippen LogP contribution in [-0.4, -0.2) is 47.0 Å². The summed E-state index contributed by atoms with van der Waals surface area (Å²) >= 11 is 0. The third-order valence-electron chi connectivity index (χ3n) is 5.59. The fraction of sp³-hybridized carbons (Fsp3) is 0.550. The van der Waals surface area contributed by atoms with Gasteiger partial charge in [0.1, 0.15) is 5.82 Å². The summed E-state index contributed by atoms with van der Waals surface area (Å²) in [7, 11) is 0. The Hall–Kier alpha value is -2.17. The van der Waals surface area contributed by atoms with Crippen LogP contribution in [0.1, 0.15) is 38.5 Å². The summed E-state index contributed by atoms with van der Waals surface area (Å²) in [6, 6.07) is 7.98. The minimum atomic E-state index is 0.349. The third kappa shape index (κ3) is 3.75. The summed E-state index contributed by atoms with van der Waals surface area (Å²) in [4.78, 5) is 25.9. The molecule has 132 valence electrons. The van der Waals surface area contributed by atoms with Crippen molar-refractivity contribution in [2.75, 3.05) is 31.1 Å². The molecule has 0 spiro atoms. The zero-order valence-corrected chi connectivity index (χ0v) is 14.7. The summed E-state index contributed by atoms with van der Waals surface area (Å²) in [5.74, 6) is 1.95. The average molecular weight is 338 g/mol. The molecule has 2 aromatic heterocycles. The molecule has 0 unspecified atom stereocenters. The summed E-state index contributed by atoms with van der Waals surface area (Å²) < 4.78 is 0. The highest BCUT2D eigenvalue weighted by molar-refractivity contribution is 5.77. The Morgan fingerprint density at radius 2 is 1.80 bits per heavy atom. The van der Waals surface area contributed by atoms with Gasteiger partial charge in [0.15, 0.2) is 0 Å². The number of piperazine rings is 1. The number of pyridine rings is 2. The molecule has 0 N–H and O–H groups in total. The van der Waals surface area contributed by atoms with Gasteiger partial charge < -0.3 is 9.80 Å². The molecule has 25 heavy (non-hydrogen) atoms. The third-order valence-corrected chi connectivity index (χ3v) is 5.59. The van der Waals surface area contributed by atoms with E-state index in [4.69, 9.17) is 4.98 Å². The van der Waals surface area contributed by atoms with Crippen LogP contribution < -0.4 is 4.90 Å². The quantitative estimate of drug-likeness (QED) is 0.862. The fourth-order valence-electron chi connectivity index (χ4n) is 4.07. The first kappa shape index (κ1) is 16.3. The van der Waals surface area contributed by atoms with Crippen LogP contribution >= 0.6 is 0 Å². The highest BCUT2D eigenvalue weighted by Crippen LogP contribution is 2.27. The monoisotopic (exact) mass is 338 g/mol. The van der Waals surface area contributed by atoms with Gasteiger partial charge in [-0.15, -0.1) is 0 Å². The number of amides is 1. The molecular formula is C20H26N4O. The molecule has 1 aliphatic heterocycles. The molecule has 0 bridgehead atoms. The maximum atomic E-state index is 12.6. The minimum absolute atomic E-state index is 0.349. The van der Waals surface area contributed by atoms with Crippen molar-refractivity contribution in [2.45, 2.75) is 38.5 Å². The van der Waals surface area contributed by atoms with Gasteiger partial charge in [0.25, 0.3) is 0 Å². The van der Waals surface area contributed by atoms with E-state index >= 15 is 0 Å². The molecule has 2 fully saturated rings. The maximum absolute atomic E-state index is 12.6. The number of anilines is 1. The number of carbonyl (C=O) groups excluding carboxylic acids is 1. The first-order valence-corrected chi connectivity index (χ1v) is 9.54. The Bertz CT molecular complexity index is 733. The van der Waals surface area contributed by atoms with E-state index in [2.05, 4.69) is 9.88 Å². The SMILES string of the molecule is O=C(CC1CCCCC1)N1CCN(c2ccc3ncccc3n2)CC1. The second kappa shape index (κ2) is 7.38. The van der Waals surface area contributed by atoms with Crippen LogP contribution in [0, 0.1) is 5.92 Å². The van der Waals surface area contributed by atoms with Gasteiger partial charge in [0.05, 0.1) is 11.0 Å². The molecule has 4 rings (SSSR count). The van der Waals surface area contributed by atoms with Crippen molar-refractivity contribution < 1.29 is 4.79 Å². The molecule has 0 aromatic carbocycles. The molecule has 5 heteroatoms. The van der Waals surface area contributed by atoms with Crippen molar-refractivity contribution in [2.24, 2.45) is 5.92 Å². The van der Waals surface area contributed by atoms with Crippen molar-refractivity contribution >= 4 is 22.8 Å². The lowest BCUT2D eigenvalue weighted by Crippen LogP contribution is -2.49. The zero-order valence-electron chi connectivity index (χ0n) is 14.7. The van der Waals surface area contributed by atoms with Crippen molar-refractivity contribution in [1.29, 1.82) is 0 Å².